The molecule has 0 spiro atoms. The van der Waals surface area contributed by atoms with Crippen LogP contribution in [0.4, 0.5) is 0 Å². The summed E-state index contributed by atoms with van der Waals surface area (Å²) in [5.74, 6) is -3.93. The molecule has 9 nitrogen and oxygen atoms in total. The Bertz CT molecular complexity index is 1380. The van der Waals surface area contributed by atoms with Crippen molar-refractivity contribution < 1.29 is 41.6 Å². The molecule has 6 unspecified atom stereocenters. The van der Waals surface area contributed by atoms with Gasteiger partial charge in [-0.15, -0.1) is 0 Å². The van der Waals surface area contributed by atoms with E-state index in [-0.39, 0.29) is 16.6 Å². The number of carbonyl (C=O) groups is 3. The van der Waals surface area contributed by atoms with E-state index in [1.807, 2.05) is 6.07 Å². The van der Waals surface area contributed by atoms with Gasteiger partial charge in [-0.2, -0.15) is 8.42 Å². The molecule has 1 aliphatic heterocycles. The molecule has 1 heterocycles. The first-order valence-corrected chi connectivity index (χ1v) is 16.2. The number of halogens is 4. The van der Waals surface area contributed by atoms with E-state index in [1.165, 1.54) is 12.1 Å². The van der Waals surface area contributed by atoms with Gasteiger partial charge in [0.05, 0.1) is 22.3 Å². The Kier molecular flexibility index (Phi) is 7.58. The van der Waals surface area contributed by atoms with Crippen LogP contribution >= 0.6 is 90.4 Å². The summed E-state index contributed by atoms with van der Waals surface area (Å²) < 4.78 is 51.9. The lowest BCUT2D eigenvalue weighted by atomic mass is 9.78. The fourth-order valence-corrected chi connectivity index (χ4v) is 9.31. The van der Waals surface area contributed by atoms with Crippen molar-refractivity contribution in [1.29, 1.82) is 0 Å². The molecule has 2 bridgehead atoms. The minimum absolute atomic E-state index is 0.0594. The lowest BCUT2D eigenvalue weighted by molar-refractivity contribution is -0.149. The quantitative estimate of drug-likeness (QED) is 0.153. The van der Waals surface area contributed by atoms with Crippen LogP contribution in [0.3, 0.4) is 0 Å². The molecule has 3 fully saturated rings. The molecule has 0 amide bonds. The molecule has 2 aromatic carbocycles. The Hall–Kier alpha value is -0.320. The van der Waals surface area contributed by atoms with Gasteiger partial charge in [0, 0.05) is 26.1 Å². The minimum Gasteiger partial charge on any atom is -0.458 e. The van der Waals surface area contributed by atoms with Crippen molar-refractivity contribution in [1.82, 2.24) is 0 Å². The second-order valence-corrected chi connectivity index (χ2v) is 14.5. The first-order valence-electron chi connectivity index (χ1n) is 10.4. The number of carbonyl (C=O) groups excluding carboxylic acids is 3. The molecule has 190 valence electrons. The first kappa shape index (κ1) is 27.3. The fraction of sp³-hybridized carbons (Fsp3) is 0.318. The molecule has 3 aliphatic rings. The third kappa shape index (κ3) is 4.68. The number of benzene rings is 2. The predicted octanol–water partition coefficient (Wildman–Crippen LogP) is 4.29. The lowest BCUT2D eigenvalue weighted by Gasteiger charge is -2.30. The maximum Gasteiger partial charge on any atom is 0.340 e. The number of ether oxygens (including phenoxy) is 3. The van der Waals surface area contributed by atoms with Crippen molar-refractivity contribution in [2.24, 2.45) is 23.7 Å². The van der Waals surface area contributed by atoms with E-state index in [4.69, 9.17) is 18.8 Å². The summed E-state index contributed by atoms with van der Waals surface area (Å²) in [6, 6.07) is 6.66. The summed E-state index contributed by atoms with van der Waals surface area (Å²) >= 11 is 8.52. The Labute approximate surface area is 260 Å². The van der Waals surface area contributed by atoms with Gasteiger partial charge >= 0.3 is 17.9 Å². The van der Waals surface area contributed by atoms with Crippen LogP contribution in [0.2, 0.25) is 0 Å². The fourth-order valence-electron chi connectivity index (χ4n) is 5.27. The Morgan fingerprint density at radius 3 is 2.19 bits per heavy atom. The maximum absolute atomic E-state index is 13.3. The first-order chi connectivity index (χ1) is 16.9. The van der Waals surface area contributed by atoms with Crippen molar-refractivity contribution in [2.45, 2.75) is 23.5 Å². The number of esters is 3. The summed E-state index contributed by atoms with van der Waals surface area (Å²) in [7, 11) is -4.39. The van der Waals surface area contributed by atoms with Crippen molar-refractivity contribution in [3.05, 3.63) is 50.2 Å². The molecule has 0 radical (unpaired) electrons. The Morgan fingerprint density at radius 2 is 1.61 bits per heavy atom. The van der Waals surface area contributed by atoms with Gasteiger partial charge in [0.25, 0.3) is 10.1 Å². The molecular formula is C22H14I4O9S. The average molecular weight is 962 g/mol. The van der Waals surface area contributed by atoms with Crippen molar-refractivity contribution in [3.8, 4) is 5.75 Å². The third-order valence-electron chi connectivity index (χ3n) is 6.72. The van der Waals surface area contributed by atoms with E-state index < -0.39 is 58.0 Å². The van der Waals surface area contributed by atoms with Crippen molar-refractivity contribution in [2.75, 3.05) is 0 Å². The van der Waals surface area contributed by atoms with Gasteiger partial charge < -0.3 is 14.2 Å². The summed E-state index contributed by atoms with van der Waals surface area (Å²) in [6.07, 6.45) is -0.906. The van der Waals surface area contributed by atoms with E-state index in [0.717, 1.165) is 26.4 Å². The monoisotopic (exact) mass is 962 g/mol. The van der Waals surface area contributed by atoms with E-state index in [1.54, 1.807) is 0 Å². The van der Waals surface area contributed by atoms with Gasteiger partial charge in [0.2, 0.25) is 0 Å². The number of rotatable bonds is 5. The number of fused-ring (bicyclic) bond motifs is 1. The van der Waals surface area contributed by atoms with Crippen molar-refractivity contribution >= 4 is 118 Å². The van der Waals surface area contributed by atoms with Crippen LogP contribution in [-0.4, -0.2) is 43.1 Å². The summed E-state index contributed by atoms with van der Waals surface area (Å²) in [6.45, 7) is 0. The third-order valence-corrected chi connectivity index (χ3v) is 13.6. The van der Waals surface area contributed by atoms with E-state index in [9.17, 15) is 22.8 Å². The zero-order valence-electron chi connectivity index (χ0n) is 17.7. The van der Waals surface area contributed by atoms with E-state index in [0.29, 0.717) is 12.0 Å². The highest BCUT2D eigenvalue weighted by Gasteiger charge is 2.70. The Morgan fingerprint density at radius 1 is 1.00 bits per heavy atom. The van der Waals surface area contributed by atoms with Crippen LogP contribution in [0.25, 0.3) is 0 Å². The summed E-state index contributed by atoms with van der Waals surface area (Å²) in [5, 5.41) is 0. The van der Waals surface area contributed by atoms with Crippen LogP contribution in [-0.2, 0) is 29.2 Å². The number of hydrogen-bond acceptors (Lipinski definition) is 8. The second kappa shape index (κ2) is 10.0. The normalized spacial score (nSPS) is 28.2. The van der Waals surface area contributed by atoms with Crippen LogP contribution in [0.5, 0.6) is 5.75 Å². The number of hydrogen-bond donors (Lipinski definition) is 1. The van der Waals surface area contributed by atoms with Crippen molar-refractivity contribution in [3.63, 3.8) is 0 Å². The predicted molar refractivity (Wildman–Crippen MR) is 157 cm³/mol. The molecule has 6 atom stereocenters. The molecule has 5 rings (SSSR count). The van der Waals surface area contributed by atoms with Gasteiger partial charge in [0.15, 0.2) is 0 Å². The molecular weight excluding hydrogens is 948 g/mol. The molecule has 2 aromatic rings. The van der Waals surface area contributed by atoms with E-state index >= 15 is 0 Å². The van der Waals surface area contributed by atoms with Crippen LogP contribution < -0.4 is 4.74 Å². The molecule has 36 heavy (non-hydrogen) atoms. The summed E-state index contributed by atoms with van der Waals surface area (Å²) in [5.41, 5.74) is 0.439. The smallest absolute Gasteiger partial charge is 0.340 e. The molecule has 2 aliphatic carbocycles. The largest absolute Gasteiger partial charge is 0.458 e. The van der Waals surface area contributed by atoms with Gasteiger partial charge in [0.1, 0.15) is 18.0 Å². The zero-order valence-corrected chi connectivity index (χ0v) is 27.1. The van der Waals surface area contributed by atoms with Gasteiger partial charge in [-0.1, -0.05) is 0 Å². The molecule has 1 N–H and O–H groups in total. The highest BCUT2D eigenvalue weighted by atomic mass is 127. The van der Waals surface area contributed by atoms with Crippen LogP contribution in [0, 0.1) is 38.0 Å². The molecule has 0 aromatic heterocycles. The zero-order chi connectivity index (χ0) is 26.1. The topological polar surface area (TPSA) is 133 Å². The molecule has 14 heteroatoms. The molecule has 1 saturated heterocycles. The van der Waals surface area contributed by atoms with Crippen LogP contribution in [0.1, 0.15) is 16.8 Å². The average Bonchev–Trinajstić information content (AvgIpc) is 3.41. The Balaban J connectivity index is 1.39. The van der Waals surface area contributed by atoms with Crippen LogP contribution in [0.15, 0.2) is 35.2 Å². The standard InChI is InChI=1S/C22H14I4O9S/c23-11-6-12(24)17(26)15(16(11)25)22(29)35-19-9-5-10-14(21(28)34-18(10)19)13(9)20(27)33-7-1-3-8(4-2-7)36(30,31)32/h1-4,6,9-10,13-14,18-19H,5H2,(H,30,31,32). The van der Waals surface area contributed by atoms with E-state index in [2.05, 4.69) is 90.4 Å². The highest BCUT2D eigenvalue weighted by Crippen LogP contribution is 2.59. The summed E-state index contributed by atoms with van der Waals surface area (Å²) in [4.78, 5) is 38.8. The van der Waals surface area contributed by atoms with Gasteiger partial charge in [-0.3, -0.25) is 14.1 Å². The SMILES string of the molecule is O=C(OC1C2CC3C1OC(=O)C3C2C(=O)Oc1ccc(S(=O)(=O)O)cc1)c1c(I)c(I)cc(I)c1I. The van der Waals surface area contributed by atoms with Gasteiger partial charge in [-0.25, -0.2) is 4.79 Å². The van der Waals surface area contributed by atoms with Gasteiger partial charge in [-0.05, 0) is 127 Å². The maximum atomic E-state index is 13.3. The lowest BCUT2D eigenvalue weighted by Crippen LogP contribution is -2.44. The molecule has 2 saturated carbocycles. The second-order valence-electron chi connectivity index (χ2n) is 8.60. The highest BCUT2D eigenvalue weighted by molar-refractivity contribution is 14.1. The minimum atomic E-state index is -4.39.